The summed E-state index contributed by atoms with van der Waals surface area (Å²) in [6, 6.07) is 5.35. The van der Waals surface area contributed by atoms with Crippen molar-refractivity contribution in [2.24, 2.45) is 11.8 Å². The molecule has 2 N–H and O–H groups in total. The van der Waals surface area contributed by atoms with E-state index >= 15 is 0 Å². The number of methoxy groups -OCH3 is 1. The van der Waals surface area contributed by atoms with Crippen molar-refractivity contribution in [2.45, 2.75) is 25.4 Å². The monoisotopic (exact) mass is 328 g/mol. The van der Waals surface area contributed by atoms with Gasteiger partial charge in [-0.15, -0.1) is 0 Å². The number of carbonyl (C=O) groups is 1. The predicted molar refractivity (Wildman–Crippen MR) is 74.1 cm³/mol. The standard InChI is InChI=1S/C14H17BrO4/c1-19-12-6-5-8(7-11(12)15)13(16)9-3-2-4-10(9)14(17)18/h5-7,9-10,13,16H,2-4H2,1H3,(H,17,18). The quantitative estimate of drug-likeness (QED) is 0.891. The average molecular weight is 329 g/mol. The number of rotatable bonds is 4. The molecule has 3 unspecified atom stereocenters. The first kappa shape index (κ1) is 14.3. The molecule has 0 aliphatic heterocycles. The molecule has 1 aliphatic rings. The lowest BCUT2D eigenvalue weighted by atomic mass is 9.87. The molecule has 4 nitrogen and oxygen atoms in total. The topological polar surface area (TPSA) is 66.8 Å². The third kappa shape index (κ3) is 2.92. The van der Waals surface area contributed by atoms with E-state index in [0.29, 0.717) is 12.2 Å². The van der Waals surface area contributed by atoms with Gasteiger partial charge in [0.15, 0.2) is 0 Å². The number of aliphatic carboxylic acids is 1. The lowest BCUT2D eigenvalue weighted by molar-refractivity contribution is -0.144. The van der Waals surface area contributed by atoms with Crippen LogP contribution in [0.2, 0.25) is 0 Å². The fourth-order valence-electron chi connectivity index (χ4n) is 2.79. The van der Waals surface area contributed by atoms with Crippen LogP contribution in [0.25, 0.3) is 0 Å². The zero-order chi connectivity index (χ0) is 14.0. The van der Waals surface area contributed by atoms with Gasteiger partial charge in [-0.2, -0.15) is 0 Å². The molecule has 0 aromatic heterocycles. The molecular weight excluding hydrogens is 312 g/mol. The number of hydrogen-bond acceptors (Lipinski definition) is 3. The minimum atomic E-state index is -0.811. The number of aliphatic hydroxyl groups is 1. The van der Waals surface area contributed by atoms with Crippen LogP contribution in [0.15, 0.2) is 22.7 Å². The van der Waals surface area contributed by atoms with Crippen molar-refractivity contribution < 1.29 is 19.7 Å². The molecule has 1 fully saturated rings. The van der Waals surface area contributed by atoms with Gasteiger partial charge in [0, 0.05) is 5.92 Å². The number of aliphatic hydroxyl groups excluding tert-OH is 1. The van der Waals surface area contributed by atoms with E-state index in [0.717, 1.165) is 22.9 Å². The summed E-state index contributed by atoms with van der Waals surface area (Å²) in [5.74, 6) is -0.778. The zero-order valence-electron chi connectivity index (χ0n) is 10.7. The largest absolute Gasteiger partial charge is 0.496 e. The van der Waals surface area contributed by atoms with Crippen molar-refractivity contribution in [3.05, 3.63) is 28.2 Å². The van der Waals surface area contributed by atoms with Crippen molar-refractivity contribution in [3.63, 3.8) is 0 Å². The van der Waals surface area contributed by atoms with Crippen LogP contribution < -0.4 is 4.74 Å². The van der Waals surface area contributed by atoms with E-state index in [-0.39, 0.29) is 5.92 Å². The molecule has 5 heteroatoms. The Morgan fingerprint density at radius 1 is 1.47 bits per heavy atom. The molecule has 104 valence electrons. The highest BCUT2D eigenvalue weighted by Gasteiger charge is 2.38. The van der Waals surface area contributed by atoms with Crippen molar-refractivity contribution in [1.82, 2.24) is 0 Å². The van der Waals surface area contributed by atoms with Gasteiger partial charge < -0.3 is 14.9 Å². The molecule has 3 atom stereocenters. The summed E-state index contributed by atoms with van der Waals surface area (Å²) in [6.45, 7) is 0. The van der Waals surface area contributed by atoms with Gasteiger partial charge in [0.1, 0.15) is 5.75 Å². The van der Waals surface area contributed by atoms with Gasteiger partial charge in [-0.3, -0.25) is 4.79 Å². The second kappa shape index (κ2) is 5.92. The van der Waals surface area contributed by atoms with Crippen molar-refractivity contribution in [2.75, 3.05) is 7.11 Å². The van der Waals surface area contributed by atoms with Crippen LogP contribution in [0.3, 0.4) is 0 Å². The average Bonchev–Trinajstić information content (AvgIpc) is 2.87. The zero-order valence-corrected chi connectivity index (χ0v) is 12.3. The number of halogens is 1. The second-order valence-corrected chi connectivity index (χ2v) is 5.73. The molecule has 0 amide bonds. The molecule has 2 rings (SSSR count). The Bertz CT molecular complexity index is 475. The van der Waals surface area contributed by atoms with Crippen LogP contribution in [0, 0.1) is 11.8 Å². The highest BCUT2D eigenvalue weighted by molar-refractivity contribution is 9.10. The Morgan fingerprint density at radius 2 is 2.21 bits per heavy atom. The Hall–Kier alpha value is -1.07. The number of ether oxygens (including phenoxy) is 1. The minimum absolute atomic E-state index is 0.210. The van der Waals surface area contributed by atoms with E-state index in [1.165, 1.54) is 0 Å². The first-order chi connectivity index (χ1) is 9.04. The van der Waals surface area contributed by atoms with E-state index in [1.54, 1.807) is 25.3 Å². The number of carboxylic acid groups (broad SMARTS) is 1. The molecule has 0 radical (unpaired) electrons. The molecule has 19 heavy (non-hydrogen) atoms. The molecule has 1 aromatic rings. The van der Waals surface area contributed by atoms with Crippen LogP contribution in [-0.2, 0) is 4.79 Å². The van der Waals surface area contributed by atoms with Gasteiger partial charge in [0.2, 0.25) is 0 Å². The molecule has 0 saturated heterocycles. The fraction of sp³-hybridized carbons (Fsp3) is 0.500. The highest BCUT2D eigenvalue weighted by atomic mass is 79.9. The Kier molecular flexibility index (Phi) is 4.47. The molecule has 0 heterocycles. The number of hydrogen-bond donors (Lipinski definition) is 2. The molecule has 0 bridgehead atoms. The summed E-state index contributed by atoms with van der Waals surface area (Å²) in [5.41, 5.74) is 0.728. The number of benzene rings is 1. The smallest absolute Gasteiger partial charge is 0.306 e. The Labute approximate surface area is 120 Å². The van der Waals surface area contributed by atoms with Gasteiger partial charge in [0.05, 0.1) is 23.6 Å². The lowest BCUT2D eigenvalue weighted by Gasteiger charge is -2.23. The maximum Gasteiger partial charge on any atom is 0.306 e. The maximum absolute atomic E-state index is 11.2. The minimum Gasteiger partial charge on any atom is -0.496 e. The van der Waals surface area contributed by atoms with Gasteiger partial charge in [-0.1, -0.05) is 12.5 Å². The van der Waals surface area contributed by atoms with E-state index in [2.05, 4.69) is 15.9 Å². The first-order valence-electron chi connectivity index (χ1n) is 6.29. The van der Waals surface area contributed by atoms with Gasteiger partial charge in [0.25, 0.3) is 0 Å². The summed E-state index contributed by atoms with van der Waals surface area (Å²) in [4.78, 5) is 11.2. The molecule has 1 aromatic carbocycles. The normalized spacial score (nSPS) is 24.2. The van der Waals surface area contributed by atoms with Crippen molar-refractivity contribution >= 4 is 21.9 Å². The lowest BCUT2D eigenvalue weighted by Crippen LogP contribution is -2.23. The van der Waals surface area contributed by atoms with Crippen LogP contribution in [-0.4, -0.2) is 23.3 Å². The van der Waals surface area contributed by atoms with Crippen molar-refractivity contribution in [3.8, 4) is 5.75 Å². The molecular formula is C14H17BrO4. The Morgan fingerprint density at radius 3 is 2.79 bits per heavy atom. The van der Waals surface area contributed by atoms with Crippen LogP contribution in [0.1, 0.15) is 30.9 Å². The summed E-state index contributed by atoms with van der Waals surface area (Å²) in [6.07, 6.45) is 1.51. The maximum atomic E-state index is 11.2. The fourth-order valence-corrected chi connectivity index (χ4v) is 3.35. The summed E-state index contributed by atoms with van der Waals surface area (Å²) < 4.78 is 5.90. The third-order valence-corrected chi connectivity index (χ3v) is 4.43. The van der Waals surface area contributed by atoms with E-state index in [4.69, 9.17) is 4.74 Å². The van der Waals surface area contributed by atoms with Gasteiger partial charge in [-0.25, -0.2) is 0 Å². The molecule has 0 spiro atoms. The van der Waals surface area contributed by atoms with Gasteiger partial charge in [-0.05, 0) is 46.5 Å². The first-order valence-corrected chi connectivity index (χ1v) is 7.08. The van der Waals surface area contributed by atoms with E-state index in [1.807, 2.05) is 0 Å². The van der Waals surface area contributed by atoms with Crippen molar-refractivity contribution in [1.29, 1.82) is 0 Å². The van der Waals surface area contributed by atoms with Crippen LogP contribution in [0.5, 0.6) is 5.75 Å². The summed E-state index contributed by atoms with van der Waals surface area (Å²) in [7, 11) is 1.58. The molecule has 1 saturated carbocycles. The summed E-state index contributed by atoms with van der Waals surface area (Å²) in [5, 5.41) is 19.6. The van der Waals surface area contributed by atoms with Gasteiger partial charge >= 0.3 is 5.97 Å². The Balaban J connectivity index is 2.21. The second-order valence-electron chi connectivity index (χ2n) is 4.88. The van der Waals surface area contributed by atoms with Crippen LogP contribution in [0.4, 0.5) is 0 Å². The van der Waals surface area contributed by atoms with E-state index in [9.17, 15) is 15.0 Å². The van der Waals surface area contributed by atoms with Crippen LogP contribution >= 0.6 is 15.9 Å². The predicted octanol–water partition coefficient (Wildman–Crippen LogP) is 2.99. The third-order valence-electron chi connectivity index (χ3n) is 3.81. The SMILES string of the molecule is COc1ccc(C(O)C2CCCC2C(=O)O)cc1Br. The van der Waals surface area contributed by atoms with E-state index < -0.39 is 18.0 Å². The number of carboxylic acids is 1. The summed E-state index contributed by atoms with van der Waals surface area (Å²) >= 11 is 3.38. The highest BCUT2D eigenvalue weighted by Crippen LogP contribution is 2.41. The molecule has 1 aliphatic carbocycles.